The Labute approximate surface area is 159 Å². The molecule has 4 aromatic rings. The number of aromatic amines is 1. The lowest BCUT2D eigenvalue weighted by Gasteiger charge is -2.04. The SMILES string of the molecule is C=Cc1[nH]c2c(c1/C=C\C)c1c(c3c4ccc(O)cc4n(C)c23)C(=O)OC1=O. The number of cyclic esters (lactones) is 2. The topological polar surface area (TPSA) is 84.3 Å². The zero-order valence-corrected chi connectivity index (χ0v) is 15.3. The third-order valence-corrected chi connectivity index (χ3v) is 5.37. The molecule has 1 aliphatic rings. The van der Waals surface area contributed by atoms with E-state index in [1.54, 1.807) is 24.3 Å². The lowest BCUT2D eigenvalue weighted by atomic mass is 9.95. The van der Waals surface area contributed by atoms with E-state index < -0.39 is 11.9 Å². The van der Waals surface area contributed by atoms with Crippen molar-refractivity contribution in [2.24, 2.45) is 7.05 Å². The van der Waals surface area contributed by atoms with E-state index in [9.17, 15) is 14.7 Å². The third kappa shape index (κ3) is 1.81. The minimum absolute atomic E-state index is 0.123. The molecule has 6 nitrogen and oxygen atoms in total. The van der Waals surface area contributed by atoms with Crippen molar-refractivity contribution in [3.8, 4) is 5.75 Å². The zero-order chi connectivity index (χ0) is 19.7. The number of fused-ring (bicyclic) bond motifs is 8. The van der Waals surface area contributed by atoms with Crippen LogP contribution in [0.2, 0.25) is 0 Å². The molecule has 0 saturated carbocycles. The fraction of sp³-hybridized carbons (Fsp3) is 0.0909. The van der Waals surface area contributed by atoms with Crippen molar-refractivity contribution in [1.29, 1.82) is 0 Å². The van der Waals surface area contributed by atoms with E-state index in [2.05, 4.69) is 11.6 Å². The first kappa shape index (κ1) is 16.4. The van der Waals surface area contributed by atoms with Gasteiger partial charge in [-0.2, -0.15) is 0 Å². The van der Waals surface area contributed by atoms with Gasteiger partial charge < -0.3 is 19.4 Å². The first-order valence-corrected chi connectivity index (χ1v) is 8.82. The zero-order valence-electron chi connectivity index (χ0n) is 15.3. The van der Waals surface area contributed by atoms with Gasteiger partial charge in [-0.25, -0.2) is 9.59 Å². The molecule has 0 amide bonds. The van der Waals surface area contributed by atoms with Crippen molar-refractivity contribution in [3.05, 3.63) is 53.2 Å². The van der Waals surface area contributed by atoms with Crippen molar-refractivity contribution in [2.75, 3.05) is 0 Å². The van der Waals surface area contributed by atoms with E-state index in [-0.39, 0.29) is 16.9 Å². The van der Waals surface area contributed by atoms with Crippen LogP contribution in [0.3, 0.4) is 0 Å². The Morgan fingerprint density at radius 3 is 2.57 bits per heavy atom. The van der Waals surface area contributed by atoms with E-state index in [0.29, 0.717) is 10.8 Å². The van der Waals surface area contributed by atoms with Gasteiger partial charge in [-0.3, -0.25) is 0 Å². The lowest BCUT2D eigenvalue weighted by molar-refractivity contribution is 0.0445. The van der Waals surface area contributed by atoms with E-state index >= 15 is 0 Å². The van der Waals surface area contributed by atoms with E-state index in [4.69, 9.17) is 4.74 Å². The van der Waals surface area contributed by atoms with Crippen LogP contribution in [-0.4, -0.2) is 26.6 Å². The van der Waals surface area contributed by atoms with Crippen LogP contribution < -0.4 is 0 Å². The molecule has 0 spiro atoms. The van der Waals surface area contributed by atoms with Crippen molar-refractivity contribution >= 4 is 56.8 Å². The Morgan fingerprint density at radius 2 is 1.89 bits per heavy atom. The van der Waals surface area contributed by atoms with Gasteiger partial charge >= 0.3 is 11.9 Å². The van der Waals surface area contributed by atoms with Gasteiger partial charge in [0.2, 0.25) is 0 Å². The number of hydrogen-bond donors (Lipinski definition) is 2. The largest absolute Gasteiger partial charge is 0.508 e. The number of rotatable bonds is 2. The smallest absolute Gasteiger partial charge is 0.347 e. The molecule has 0 fully saturated rings. The molecule has 1 aliphatic heterocycles. The number of H-pyrrole nitrogens is 1. The Morgan fingerprint density at radius 1 is 1.18 bits per heavy atom. The van der Waals surface area contributed by atoms with Crippen molar-refractivity contribution in [3.63, 3.8) is 0 Å². The summed E-state index contributed by atoms with van der Waals surface area (Å²) in [6.07, 6.45) is 5.44. The predicted octanol–water partition coefficient (Wildman–Crippen LogP) is 4.51. The van der Waals surface area contributed by atoms with Gasteiger partial charge in [0.25, 0.3) is 0 Å². The summed E-state index contributed by atoms with van der Waals surface area (Å²) in [5, 5.41) is 12.0. The summed E-state index contributed by atoms with van der Waals surface area (Å²) < 4.78 is 6.91. The van der Waals surface area contributed by atoms with Gasteiger partial charge in [0.15, 0.2) is 0 Å². The summed E-state index contributed by atoms with van der Waals surface area (Å²) in [5.74, 6) is -1.18. The summed E-state index contributed by atoms with van der Waals surface area (Å²) in [6, 6.07) is 4.95. The molecule has 5 rings (SSSR count). The molecule has 0 unspecified atom stereocenters. The quantitative estimate of drug-likeness (QED) is 0.401. The highest BCUT2D eigenvalue weighted by Crippen LogP contribution is 2.44. The summed E-state index contributed by atoms with van der Waals surface area (Å²) in [5.41, 5.74) is 4.31. The van der Waals surface area contributed by atoms with Crippen LogP contribution in [0.1, 0.15) is 38.9 Å². The molecule has 0 aliphatic carbocycles. The molecule has 2 N–H and O–H groups in total. The maximum atomic E-state index is 12.6. The molecule has 0 bridgehead atoms. The molecule has 0 radical (unpaired) electrons. The minimum Gasteiger partial charge on any atom is -0.508 e. The Hall–Kier alpha value is -3.80. The van der Waals surface area contributed by atoms with Crippen molar-refractivity contribution in [2.45, 2.75) is 6.92 Å². The van der Waals surface area contributed by atoms with E-state index in [0.717, 1.165) is 33.2 Å². The standard InChI is InChI=1S/C22H16N2O4/c1-4-6-11-13(5-2)23-19-15(11)17-18(22(27)28-21(17)26)16-12-8-7-10(25)9-14(12)24(3)20(16)19/h4-9,23,25H,2H2,1,3H3/b6-4-. The number of aryl methyl sites for hydroxylation is 1. The summed E-state index contributed by atoms with van der Waals surface area (Å²) in [7, 11) is 1.86. The fourth-order valence-corrected chi connectivity index (χ4v) is 4.29. The third-order valence-electron chi connectivity index (χ3n) is 5.37. The fourth-order valence-electron chi connectivity index (χ4n) is 4.29. The second kappa shape index (κ2) is 5.36. The average Bonchev–Trinajstić information content (AvgIpc) is 3.26. The molecule has 2 aromatic heterocycles. The first-order valence-electron chi connectivity index (χ1n) is 8.82. The average molecular weight is 372 g/mol. The minimum atomic E-state index is -0.653. The predicted molar refractivity (Wildman–Crippen MR) is 108 cm³/mol. The molecule has 3 heterocycles. The number of carbonyl (C=O) groups is 2. The van der Waals surface area contributed by atoms with Gasteiger partial charge in [-0.05, 0) is 25.1 Å². The molecule has 0 saturated heterocycles. The van der Waals surface area contributed by atoms with Crippen LogP contribution in [0.25, 0.3) is 44.9 Å². The van der Waals surface area contributed by atoms with Gasteiger partial charge in [-0.15, -0.1) is 0 Å². The van der Waals surface area contributed by atoms with Crippen LogP contribution in [-0.2, 0) is 11.8 Å². The highest BCUT2D eigenvalue weighted by atomic mass is 16.6. The molecule has 0 atom stereocenters. The van der Waals surface area contributed by atoms with Crippen LogP contribution in [0, 0.1) is 0 Å². The summed E-state index contributed by atoms with van der Waals surface area (Å²) in [4.78, 5) is 28.6. The first-order chi connectivity index (χ1) is 13.5. The van der Waals surface area contributed by atoms with Gasteiger partial charge in [0.1, 0.15) is 5.75 Å². The lowest BCUT2D eigenvalue weighted by Crippen LogP contribution is -1.97. The highest BCUT2D eigenvalue weighted by molar-refractivity contribution is 6.34. The number of allylic oxidation sites excluding steroid dienone is 1. The number of phenols is 1. The number of benzene rings is 2. The van der Waals surface area contributed by atoms with Crippen LogP contribution in [0.15, 0.2) is 30.9 Å². The number of carbonyl (C=O) groups excluding carboxylic acids is 2. The van der Waals surface area contributed by atoms with E-state index in [1.807, 2.05) is 30.7 Å². The number of esters is 2. The van der Waals surface area contributed by atoms with Gasteiger partial charge in [0.05, 0.1) is 27.7 Å². The number of ether oxygens (including phenoxy) is 1. The highest BCUT2D eigenvalue weighted by Gasteiger charge is 2.38. The molecule has 28 heavy (non-hydrogen) atoms. The second-order valence-corrected chi connectivity index (χ2v) is 6.82. The van der Waals surface area contributed by atoms with E-state index in [1.165, 1.54) is 0 Å². The van der Waals surface area contributed by atoms with Crippen LogP contribution >= 0.6 is 0 Å². The molecule has 6 heteroatoms. The number of phenolic OH excluding ortho intramolecular Hbond substituents is 1. The van der Waals surface area contributed by atoms with Gasteiger partial charge in [0, 0.05) is 40.5 Å². The van der Waals surface area contributed by atoms with Gasteiger partial charge in [-0.1, -0.05) is 18.7 Å². The molecular weight excluding hydrogens is 356 g/mol. The van der Waals surface area contributed by atoms with Crippen LogP contribution in [0.4, 0.5) is 0 Å². The Balaban J connectivity index is 2.18. The maximum Gasteiger partial charge on any atom is 0.347 e. The number of aromatic hydroxyl groups is 1. The van der Waals surface area contributed by atoms with Crippen LogP contribution in [0.5, 0.6) is 5.75 Å². The Kier molecular flexibility index (Phi) is 3.13. The molecule has 138 valence electrons. The normalized spacial score (nSPS) is 13.9. The van der Waals surface area contributed by atoms with Crippen molar-refractivity contribution < 1.29 is 19.4 Å². The number of hydrogen-bond acceptors (Lipinski definition) is 4. The van der Waals surface area contributed by atoms with Crippen molar-refractivity contribution in [1.82, 2.24) is 9.55 Å². The molecule has 2 aromatic carbocycles. The number of nitrogens with one attached hydrogen (secondary N) is 1. The monoisotopic (exact) mass is 372 g/mol. The number of aromatic nitrogens is 2. The summed E-state index contributed by atoms with van der Waals surface area (Å²) in [6.45, 7) is 5.75. The summed E-state index contributed by atoms with van der Waals surface area (Å²) >= 11 is 0. The number of nitrogens with zero attached hydrogens (tertiary/aromatic N) is 1. The Bertz CT molecular complexity index is 1420. The molecular formula is C22H16N2O4. The second-order valence-electron chi connectivity index (χ2n) is 6.82. The maximum absolute atomic E-state index is 12.6.